The number of benzene rings is 1. The van der Waals surface area contributed by atoms with Gasteiger partial charge >= 0.3 is 16.0 Å². The van der Waals surface area contributed by atoms with Gasteiger partial charge in [-0.1, -0.05) is 24.3 Å². The van der Waals surface area contributed by atoms with Crippen LogP contribution < -0.4 is 0 Å². The van der Waals surface area contributed by atoms with E-state index in [4.69, 9.17) is 0 Å². The molecule has 1 aromatic heterocycles. The summed E-state index contributed by atoms with van der Waals surface area (Å²) >= 11 is 8.20. The summed E-state index contributed by atoms with van der Waals surface area (Å²) < 4.78 is 0. The van der Waals surface area contributed by atoms with E-state index in [-0.39, 0.29) is 16.0 Å². The van der Waals surface area contributed by atoms with Gasteiger partial charge < -0.3 is 0 Å². The molecule has 0 radical (unpaired) electrons. The summed E-state index contributed by atoms with van der Waals surface area (Å²) in [6.07, 6.45) is 0. The molecular weight excluding hydrogens is 312 g/mol. The second kappa shape index (κ2) is 6.37. The van der Waals surface area contributed by atoms with Crippen LogP contribution in [-0.2, 0) is 0 Å². The van der Waals surface area contributed by atoms with E-state index in [9.17, 15) is 0 Å². The second-order valence-corrected chi connectivity index (χ2v) is 10.9. The molecule has 2 rings (SSSR count). The number of halogens is 2. The highest BCUT2D eigenvalue weighted by Gasteiger charge is 1.87. The minimum Gasteiger partial charge on any atom is -0.280 e. The Kier molecular flexibility index (Phi) is 5.83. The lowest BCUT2D eigenvalue weighted by molar-refractivity contribution is 1.85. The summed E-state index contributed by atoms with van der Waals surface area (Å²) in [5.74, 6) is 0. The van der Waals surface area contributed by atoms with Gasteiger partial charge in [0.05, 0.1) is 0 Å². The van der Waals surface area contributed by atoms with Gasteiger partial charge in [-0.05, 0) is 21.5 Å². The first-order valence-electron chi connectivity index (χ1n) is 3.41. The third-order valence-corrected chi connectivity index (χ3v) is 2.17. The zero-order valence-electron chi connectivity index (χ0n) is 6.34. The van der Waals surface area contributed by atoms with Crippen molar-refractivity contribution in [3.8, 4) is 0 Å². The lowest BCUT2D eigenvalue weighted by Gasteiger charge is -1.82. The summed E-state index contributed by atoms with van der Waals surface area (Å²) in [7, 11) is 0. The fraction of sp³-hybridized carbons (Fsp3) is 0. The largest absolute Gasteiger partial charge is 0.560 e. The highest BCUT2D eigenvalue weighted by atomic mass is 79.9. The Bertz CT molecular complexity index is 304. The summed E-state index contributed by atoms with van der Waals surface area (Å²) in [6, 6.07) is 8.39. The maximum Gasteiger partial charge on any atom is 0.560 e. The molecule has 0 aliphatic carbocycles. The third kappa shape index (κ3) is 3.34. The molecule has 0 nitrogen and oxygen atoms in total. The lowest BCUT2D eigenvalue weighted by Crippen LogP contribution is -1.57. The molecule has 1 heterocycles. The van der Waals surface area contributed by atoms with Gasteiger partial charge in [0.25, 0.3) is 0 Å². The van der Waals surface area contributed by atoms with E-state index in [2.05, 4.69) is 60.8 Å². The molecule has 0 aliphatic heterocycles. The van der Waals surface area contributed by atoms with Crippen molar-refractivity contribution in [2.75, 3.05) is 0 Å². The van der Waals surface area contributed by atoms with Crippen molar-refractivity contribution in [3.05, 3.63) is 35.0 Å². The molecule has 0 amide bonds. The molecular formula is C8H6Br2MgS. The van der Waals surface area contributed by atoms with Crippen molar-refractivity contribution in [1.82, 2.24) is 0 Å². The van der Waals surface area contributed by atoms with Crippen LogP contribution in [0.4, 0.5) is 0 Å². The summed E-state index contributed by atoms with van der Waals surface area (Å²) in [5.41, 5.74) is 0. The number of hydrogen-bond donors (Lipinski definition) is 0. The number of thiophene rings is 1. The lowest BCUT2D eigenvalue weighted by atomic mass is 10.2. The Balaban J connectivity index is 0.000000213. The molecule has 1 aromatic carbocycles. The normalized spacial score (nSPS) is 8.50. The van der Waals surface area contributed by atoms with Gasteiger partial charge in [0.15, 0.2) is 0 Å². The fourth-order valence-electron chi connectivity index (χ4n) is 0.906. The van der Waals surface area contributed by atoms with Crippen LogP contribution in [-0.4, -0.2) is 16.0 Å². The Hall–Kier alpha value is 0.906. The molecule has 0 N–H and O–H groups in total. The molecule has 0 saturated heterocycles. The zero-order chi connectivity index (χ0) is 8.81. The third-order valence-electron chi connectivity index (χ3n) is 1.39. The van der Waals surface area contributed by atoms with Gasteiger partial charge in [-0.25, -0.2) is 0 Å². The summed E-state index contributed by atoms with van der Waals surface area (Å²) in [6.45, 7) is 0. The number of fused-ring (bicyclic) bond motifs is 1. The van der Waals surface area contributed by atoms with Gasteiger partial charge in [-0.3, -0.25) is 25.8 Å². The first kappa shape index (κ1) is 11.0. The Morgan fingerprint density at radius 2 is 1.42 bits per heavy atom. The topological polar surface area (TPSA) is 0 Å². The quantitative estimate of drug-likeness (QED) is 0.638. The van der Waals surface area contributed by atoms with E-state index in [1.165, 1.54) is 10.8 Å². The van der Waals surface area contributed by atoms with Crippen LogP contribution in [0.1, 0.15) is 0 Å². The molecule has 0 bridgehead atoms. The predicted octanol–water partition coefficient (Wildman–Crippen LogP) is 4.21. The average molecular weight is 318 g/mol. The van der Waals surface area contributed by atoms with Crippen molar-refractivity contribution >= 4 is 63.9 Å². The van der Waals surface area contributed by atoms with Gasteiger partial charge in [-0.15, -0.1) is 0 Å². The van der Waals surface area contributed by atoms with Crippen LogP contribution in [0.25, 0.3) is 10.8 Å². The first-order valence-corrected chi connectivity index (χ1v) is 12.2. The summed E-state index contributed by atoms with van der Waals surface area (Å²) in [5, 5.41) is 7.02. The molecule has 0 spiro atoms. The molecule has 0 unspecified atom stereocenters. The highest BCUT2D eigenvalue weighted by molar-refractivity contribution is 9.47. The van der Waals surface area contributed by atoms with Gasteiger partial charge in [0.2, 0.25) is 0 Å². The fourth-order valence-corrected chi connectivity index (χ4v) is 1.70. The molecule has 60 valence electrons. The van der Waals surface area contributed by atoms with Gasteiger partial charge in [-0.2, -0.15) is 11.3 Å². The summed E-state index contributed by atoms with van der Waals surface area (Å²) in [4.78, 5) is 0. The van der Waals surface area contributed by atoms with E-state index in [1.54, 1.807) is 11.3 Å². The number of hydrogen-bond acceptors (Lipinski definition) is 1. The van der Waals surface area contributed by atoms with E-state index < -0.39 is 0 Å². The van der Waals surface area contributed by atoms with E-state index in [0.29, 0.717) is 0 Å². The maximum atomic E-state index is 3.20. The predicted molar refractivity (Wildman–Crippen MR) is 65.4 cm³/mol. The van der Waals surface area contributed by atoms with Crippen LogP contribution in [0.15, 0.2) is 35.0 Å². The molecule has 12 heavy (non-hydrogen) atoms. The van der Waals surface area contributed by atoms with E-state index in [0.717, 1.165) is 0 Å². The molecule has 0 fully saturated rings. The Morgan fingerprint density at radius 1 is 1.00 bits per heavy atom. The zero-order valence-corrected chi connectivity index (χ0v) is 11.7. The van der Waals surface area contributed by atoms with Crippen LogP contribution in [0.2, 0.25) is 0 Å². The molecule has 0 saturated carbocycles. The van der Waals surface area contributed by atoms with Crippen LogP contribution >= 0.6 is 37.1 Å². The van der Waals surface area contributed by atoms with E-state index in [1.807, 2.05) is 0 Å². The van der Waals surface area contributed by atoms with Crippen LogP contribution in [0.5, 0.6) is 0 Å². The van der Waals surface area contributed by atoms with Gasteiger partial charge in [0.1, 0.15) is 0 Å². The number of rotatable bonds is 0. The van der Waals surface area contributed by atoms with Crippen molar-refractivity contribution in [3.63, 3.8) is 0 Å². The monoisotopic (exact) mass is 316 g/mol. The van der Waals surface area contributed by atoms with E-state index >= 15 is 0 Å². The maximum absolute atomic E-state index is 3.20. The molecule has 2 aromatic rings. The van der Waals surface area contributed by atoms with Gasteiger partial charge in [0, 0.05) is 0 Å². The second-order valence-electron chi connectivity index (χ2n) is 2.10. The SMILES string of the molecule is [Br][Mg][Br].c1ccc2cscc2c1. The van der Waals surface area contributed by atoms with Crippen molar-refractivity contribution in [2.24, 2.45) is 0 Å². The van der Waals surface area contributed by atoms with Crippen LogP contribution in [0.3, 0.4) is 0 Å². The van der Waals surface area contributed by atoms with Crippen molar-refractivity contribution in [1.29, 1.82) is 0 Å². The Morgan fingerprint density at radius 3 is 1.83 bits per heavy atom. The molecule has 0 aliphatic rings. The van der Waals surface area contributed by atoms with Crippen molar-refractivity contribution in [2.45, 2.75) is 0 Å². The van der Waals surface area contributed by atoms with Crippen molar-refractivity contribution < 1.29 is 0 Å². The average Bonchev–Trinajstić information content (AvgIpc) is 2.52. The standard InChI is InChI=1S/C8H6S.2BrH.Mg/c1-2-4-8-6-9-5-7(8)3-1;;;/h1-6H;2*1H;/q;;;+2/p-2. The molecule has 4 heteroatoms. The first-order chi connectivity index (χ1) is 5.88. The minimum absolute atomic E-state index is 0.0417. The van der Waals surface area contributed by atoms with Crippen LogP contribution in [0, 0.1) is 0 Å². The molecule has 0 atom stereocenters. The highest BCUT2D eigenvalue weighted by Crippen LogP contribution is 2.17. The minimum atomic E-state index is 0.0417. The smallest absolute Gasteiger partial charge is 0.280 e. The Labute approximate surface area is 97.8 Å².